The molecule has 5 rings (SSSR count). The molecular formula is C42H45N5O7. The first-order chi connectivity index (χ1) is 26.0. The largest absolute Gasteiger partial charge is 0.443 e. The van der Waals surface area contributed by atoms with Crippen molar-refractivity contribution in [1.29, 1.82) is 0 Å². The van der Waals surface area contributed by atoms with Crippen molar-refractivity contribution in [2.45, 2.75) is 59.6 Å². The maximum atomic E-state index is 13.1. The Morgan fingerprint density at radius 2 is 1.46 bits per heavy atom. The van der Waals surface area contributed by atoms with Crippen LogP contribution >= 0.6 is 0 Å². The number of nitrogens with two attached hydrogens (primary N) is 1. The van der Waals surface area contributed by atoms with E-state index in [1.165, 1.54) is 5.56 Å². The summed E-state index contributed by atoms with van der Waals surface area (Å²) in [4.78, 5) is 58.2. The number of aliphatic imine (C=N–C) groups is 1. The van der Waals surface area contributed by atoms with Crippen molar-refractivity contribution < 1.29 is 33.4 Å². The van der Waals surface area contributed by atoms with E-state index in [9.17, 15) is 19.2 Å². The first-order valence-corrected chi connectivity index (χ1v) is 17.8. The predicted molar refractivity (Wildman–Crippen MR) is 205 cm³/mol. The number of imidazole rings is 1. The molecule has 2 amide bonds. The molecule has 12 heteroatoms. The Kier molecular flexibility index (Phi) is 13.3. The van der Waals surface area contributed by atoms with Crippen molar-refractivity contribution in [3.63, 3.8) is 0 Å². The van der Waals surface area contributed by atoms with E-state index in [1.807, 2.05) is 66.7 Å². The Labute approximate surface area is 314 Å². The number of ether oxygens (including phenoxy) is 3. The van der Waals surface area contributed by atoms with Crippen LogP contribution in [-0.2, 0) is 43.4 Å². The van der Waals surface area contributed by atoms with Gasteiger partial charge >= 0.3 is 18.0 Å². The molecule has 0 aliphatic rings. The van der Waals surface area contributed by atoms with Gasteiger partial charge in [0.1, 0.15) is 18.3 Å². The number of fused-ring (bicyclic) bond motifs is 1. The average Bonchev–Trinajstić information content (AvgIpc) is 3.53. The zero-order valence-electron chi connectivity index (χ0n) is 30.7. The summed E-state index contributed by atoms with van der Waals surface area (Å²) in [5, 5.41) is 2.74. The summed E-state index contributed by atoms with van der Waals surface area (Å²) in [5.74, 6) is -0.723. The number of hydrogen-bond acceptors (Lipinski definition) is 8. The van der Waals surface area contributed by atoms with Gasteiger partial charge < -0.3 is 29.8 Å². The number of unbranched alkanes of at least 4 members (excludes halogenated alkanes) is 1. The fourth-order valence-corrected chi connectivity index (χ4v) is 5.48. The second-order valence-electron chi connectivity index (χ2n) is 13.7. The van der Waals surface area contributed by atoms with Crippen molar-refractivity contribution in [2.24, 2.45) is 16.1 Å². The van der Waals surface area contributed by atoms with Crippen LogP contribution in [0.4, 0.5) is 4.79 Å². The van der Waals surface area contributed by atoms with Gasteiger partial charge in [-0.2, -0.15) is 4.99 Å². The van der Waals surface area contributed by atoms with Crippen molar-refractivity contribution >= 4 is 40.8 Å². The van der Waals surface area contributed by atoms with Gasteiger partial charge in [0, 0.05) is 29.8 Å². The summed E-state index contributed by atoms with van der Waals surface area (Å²) in [6.07, 6.45) is 1.94. The lowest BCUT2D eigenvalue weighted by Crippen LogP contribution is -2.27. The predicted octanol–water partition coefficient (Wildman–Crippen LogP) is 6.98. The number of benzene rings is 4. The van der Waals surface area contributed by atoms with Crippen LogP contribution in [0.25, 0.3) is 22.4 Å². The van der Waals surface area contributed by atoms with E-state index < -0.39 is 30.2 Å². The lowest BCUT2D eigenvalue weighted by atomic mass is 9.98. The number of nitrogens with zero attached hydrogens (tertiary/aromatic N) is 3. The summed E-state index contributed by atoms with van der Waals surface area (Å²) in [7, 11) is 0. The van der Waals surface area contributed by atoms with Gasteiger partial charge in [-0.05, 0) is 69.4 Å². The zero-order chi connectivity index (χ0) is 38.5. The van der Waals surface area contributed by atoms with E-state index >= 15 is 0 Å². The number of nitrogens with one attached hydrogen (secondary N) is 1. The highest BCUT2D eigenvalue weighted by atomic mass is 16.7. The first kappa shape index (κ1) is 38.9. The fraction of sp³-hybridized carbons (Fsp3) is 0.286. The van der Waals surface area contributed by atoms with Crippen LogP contribution in [0.15, 0.2) is 108 Å². The molecule has 3 N–H and O–H groups in total. The van der Waals surface area contributed by atoms with Gasteiger partial charge in [0.2, 0.25) is 6.79 Å². The minimum absolute atomic E-state index is 0.0295. The van der Waals surface area contributed by atoms with Gasteiger partial charge in [-0.1, -0.05) is 84.9 Å². The lowest BCUT2D eigenvalue weighted by Gasteiger charge is -2.16. The van der Waals surface area contributed by atoms with Crippen LogP contribution in [-0.4, -0.2) is 52.7 Å². The Morgan fingerprint density at radius 1 is 0.796 bits per heavy atom. The summed E-state index contributed by atoms with van der Waals surface area (Å²) in [6.45, 7) is 5.43. The molecular weight excluding hydrogens is 686 g/mol. The van der Waals surface area contributed by atoms with Crippen LogP contribution < -0.4 is 11.1 Å². The molecule has 0 aliphatic carbocycles. The van der Waals surface area contributed by atoms with Gasteiger partial charge in [-0.3, -0.25) is 14.4 Å². The van der Waals surface area contributed by atoms with Crippen LogP contribution in [0.5, 0.6) is 0 Å². The summed E-state index contributed by atoms with van der Waals surface area (Å²) in [6, 6.07) is 32.2. The minimum atomic E-state index is -0.781. The van der Waals surface area contributed by atoms with Crippen LogP contribution in [0.3, 0.4) is 0 Å². The molecule has 0 spiro atoms. The van der Waals surface area contributed by atoms with Crippen molar-refractivity contribution in [3.8, 4) is 11.4 Å². The van der Waals surface area contributed by atoms with E-state index in [-0.39, 0.29) is 31.3 Å². The Bertz CT molecular complexity index is 2090. The maximum absolute atomic E-state index is 13.1. The normalized spacial score (nSPS) is 11.6. The van der Waals surface area contributed by atoms with Crippen LogP contribution in [0.1, 0.15) is 67.1 Å². The van der Waals surface area contributed by atoms with E-state index in [2.05, 4.69) is 27.0 Å². The standard InChI is InChI=1S/C42H45N5O7/c1-42(2,3)40(50)54-28-53-36(48)23-24-44-39(49)33-21-22-35-34(26-33)45-38(47(35)25-11-10-14-29-12-6-4-7-13-29)32-19-17-31(18-20-32)37(43)46-41(51)52-27-30-15-8-5-9-16-30/h4-9,12-13,15-22,26H,10-11,14,23-25,27-28H2,1-3H3,(H,44,49)(H2,43,46,51). The topological polar surface area (TPSA) is 164 Å². The molecule has 1 aromatic heterocycles. The zero-order valence-corrected chi connectivity index (χ0v) is 30.7. The number of amidine groups is 1. The highest BCUT2D eigenvalue weighted by molar-refractivity contribution is 6.03. The first-order valence-electron chi connectivity index (χ1n) is 17.8. The minimum Gasteiger partial charge on any atom is -0.443 e. The van der Waals surface area contributed by atoms with Crippen molar-refractivity contribution in [2.75, 3.05) is 13.3 Å². The van der Waals surface area contributed by atoms with Crippen molar-refractivity contribution in [3.05, 3.63) is 125 Å². The molecule has 4 aromatic carbocycles. The summed E-state index contributed by atoms with van der Waals surface area (Å²) >= 11 is 0. The quantitative estimate of drug-likeness (QED) is 0.0380. The molecule has 1 heterocycles. The molecule has 0 fully saturated rings. The maximum Gasteiger partial charge on any atom is 0.435 e. The molecule has 12 nitrogen and oxygen atoms in total. The van der Waals surface area contributed by atoms with E-state index in [0.29, 0.717) is 29.0 Å². The molecule has 0 saturated carbocycles. The van der Waals surface area contributed by atoms with Gasteiger partial charge in [-0.15, -0.1) is 0 Å². The Hall–Kier alpha value is -6.30. The highest BCUT2D eigenvalue weighted by Gasteiger charge is 2.23. The van der Waals surface area contributed by atoms with Crippen LogP contribution in [0, 0.1) is 5.41 Å². The number of esters is 2. The molecule has 0 unspecified atom stereocenters. The number of hydrogen-bond donors (Lipinski definition) is 2. The molecule has 0 radical (unpaired) electrons. The highest BCUT2D eigenvalue weighted by Crippen LogP contribution is 2.27. The number of aromatic nitrogens is 2. The molecule has 5 aromatic rings. The molecule has 0 aliphatic heterocycles. The lowest BCUT2D eigenvalue weighted by molar-refractivity contribution is -0.173. The van der Waals surface area contributed by atoms with Crippen molar-refractivity contribution in [1.82, 2.24) is 14.9 Å². The monoisotopic (exact) mass is 731 g/mol. The molecule has 0 saturated heterocycles. The number of rotatable bonds is 15. The van der Waals surface area contributed by atoms with Gasteiger partial charge in [-0.25, -0.2) is 9.78 Å². The number of aryl methyl sites for hydroxylation is 2. The SMILES string of the molecule is CC(C)(C)C(=O)OCOC(=O)CCNC(=O)c1ccc2c(c1)nc(-c1ccc(C(N)=NC(=O)OCc3ccccc3)cc1)n2CCCCc1ccccc1. The molecule has 0 bridgehead atoms. The second-order valence-corrected chi connectivity index (χ2v) is 13.7. The summed E-state index contributed by atoms with van der Waals surface area (Å²) < 4.78 is 17.3. The van der Waals surface area contributed by atoms with E-state index in [4.69, 9.17) is 24.9 Å². The third-order valence-corrected chi connectivity index (χ3v) is 8.44. The molecule has 54 heavy (non-hydrogen) atoms. The Balaban J connectivity index is 1.26. The fourth-order valence-electron chi connectivity index (χ4n) is 5.48. The van der Waals surface area contributed by atoms with E-state index in [0.717, 1.165) is 35.9 Å². The third kappa shape index (κ3) is 11.1. The van der Waals surface area contributed by atoms with E-state index in [1.54, 1.807) is 45.0 Å². The van der Waals surface area contributed by atoms with Gasteiger partial charge in [0.15, 0.2) is 0 Å². The smallest absolute Gasteiger partial charge is 0.435 e. The van der Waals surface area contributed by atoms with Gasteiger partial charge in [0.25, 0.3) is 5.91 Å². The third-order valence-electron chi connectivity index (χ3n) is 8.44. The van der Waals surface area contributed by atoms with Gasteiger partial charge in [0.05, 0.1) is 22.9 Å². The van der Waals surface area contributed by atoms with Crippen LogP contribution in [0.2, 0.25) is 0 Å². The number of carbonyl (C=O) groups is 4. The number of amides is 2. The summed E-state index contributed by atoms with van der Waals surface area (Å²) in [5.41, 5.74) is 10.8. The number of carbonyl (C=O) groups excluding carboxylic acids is 4. The molecule has 0 atom stereocenters. The average molecular weight is 732 g/mol. The second kappa shape index (κ2) is 18.5. The molecule has 280 valence electrons. The Morgan fingerprint density at radius 3 is 2.15 bits per heavy atom.